The standard InChI is InChI=1S/C9H11N3S/c1-2-3-13-9-8(11)4-7(5-10)6-12-9/h4,6H,2-3,11H2,1H3. The second-order valence-electron chi connectivity index (χ2n) is 2.58. The Hall–Kier alpha value is -1.21. The van der Waals surface area contributed by atoms with Crippen LogP contribution in [-0.2, 0) is 0 Å². The molecule has 1 rings (SSSR count). The minimum absolute atomic E-state index is 0.512. The van der Waals surface area contributed by atoms with E-state index in [-0.39, 0.29) is 0 Å². The molecule has 0 bridgehead atoms. The molecule has 0 saturated heterocycles. The van der Waals surface area contributed by atoms with Crippen molar-refractivity contribution in [1.29, 1.82) is 5.26 Å². The van der Waals surface area contributed by atoms with Crippen LogP contribution in [0.5, 0.6) is 0 Å². The van der Waals surface area contributed by atoms with Crippen molar-refractivity contribution < 1.29 is 0 Å². The van der Waals surface area contributed by atoms with E-state index in [1.807, 2.05) is 6.07 Å². The van der Waals surface area contributed by atoms with Gasteiger partial charge in [-0.15, -0.1) is 11.8 Å². The summed E-state index contributed by atoms with van der Waals surface area (Å²) in [6.07, 6.45) is 2.64. The van der Waals surface area contributed by atoms with E-state index in [1.54, 1.807) is 24.0 Å². The fourth-order valence-electron chi connectivity index (χ4n) is 0.850. The van der Waals surface area contributed by atoms with Crippen molar-refractivity contribution in [1.82, 2.24) is 4.98 Å². The van der Waals surface area contributed by atoms with Crippen molar-refractivity contribution in [2.45, 2.75) is 18.4 Å². The van der Waals surface area contributed by atoms with Gasteiger partial charge < -0.3 is 5.73 Å². The van der Waals surface area contributed by atoms with E-state index >= 15 is 0 Å². The first-order chi connectivity index (χ1) is 6.27. The molecule has 0 unspecified atom stereocenters. The Kier molecular flexibility index (Phi) is 3.59. The fraction of sp³-hybridized carbons (Fsp3) is 0.333. The molecule has 0 amide bonds. The van der Waals surface area contributed by atoms with Gasteiger partial charge in [0.25, 0.3) is 0 Å². The van der Waals surface area contributed by atoms with Crippen LogP contribution in [0.3, 0.4) is 0 Å². The minimum atomic E-state index is 0.512. The van der Waals surface area contributed by atoms with Crippen LogP contribution in [0, 0.1) is 11.3 Å². The van der Waals surface area contributed by atoms with Crippen LogP contribution >= 0.6 is 11.8 Å². The summed E-state index contributed by atoms with van der Waals surface area (Å²) in [6, 6.07) is 3.66. The second kappa shape index (κ2) is 4.73. The van der Waals surface area contributed by atoms with Crippen LogP contribution in [-0.4, -0.2) is 10.7 Å². The first-order valence-electron chi connectivity index (χ1n) is 4.06. The highest BCUT2D eigenvalue weighted by atomic mass is 32.2. The van der Waals surface area contributed by atoms with Crippen molar-refractivity contribution >= 4 is 17.4 Å². The number of nitrogens with two attached hydrogens (primary N) is 1. The third-order valence-corrected chi connectivity index (χ3v) is 2.68. The molecule has 0 aliphatic heterocycles. The molecule has 13 heavy (non-hydrogen) atoms. The highest BCUT2D eigenvalue weighted by molar-refractivity contribution is 7.99. The number of pyridine rings is 1. The summed E-state index contributed by atoms with van der Waals surface area (Å²) >= 11 is 1.62. The van der Waals surface area contributed by atoms with E-state index in [0.29, 0.717) is 11.3 Å². The molecule has 0 atom stereocenters. The van der Waals surface area contributed by atoms with E-state index in [4.69, 9.17) is 11.0 Å². The summed E-state index contributed by atoms with van der Waals surface area (Å²) < 4.78 is 0. The van der Waals surface area contributed by atoms with E-state index < -0.39 is 0 Å². The third kappa shape index (κ3) is 2.63. The third-order valence-electron chi connectivity index (χ3n) is 1.45. The Morgan fingerprint density at radius 2 is 2.46 bits per heavy atom. The quantitative estimate of drug-likeness (QED) is 0.746. The minimum Gasteiger partial charge on any atom is -0.397 e. The smallest absolute Gasteiger partial charge is 0.119 e. The Morgan fingerprint density at radius 1 is 1.69 bits per heavy atom. The maximum Gasteiger partial charge on any atom is 0.119 e. The van der Waals surface area contributed by atoms with Gasteiger partial charge in [0.2, 0.25) is 0 Å². The number of hydrogen-bond donors (Lipinski definition) is 1. The van der Waals surface area contributed by atoms with Crippen LogP contribution < -0.4 is 5.73 Å². The van der Waals surface area contributed by atoms with Crippen LogP contribution in [0.1, 0.15) is 18.9 Å². The Bertz CT molecular complexity index is 330. The lowest BCUT2D eigenvalue weighted by Gasteiger charge is -2.02. The normalized spacial score (nSPS) is 9.54. The zero-order chi connectivity index (χ0) is 9.68. The summed E-state index contributed by atoms with van der Waals surface area (Å²) in [4.78, 5) is 4.10. The zero-order valence-corrected chi connectivity index (χ0v) is 8.27. The lowest BCUT2D eigenvalue weighted by molar-refractivity contribution is 1.08. The molecule has 1 aromatic heterocycles. The summed E-state index contributed by atoms with van der Waals surface area (Å²) in [5.41, 5.74) is 6.81. The fourth-order valence-corrected chi connectivity index (χ4v) is 1.60. The van der Waals surface area contributed by atoms with Crippen LogP contribution in [0.2, 0.25) is 0 Å². The number of anilines is 1. The topological polar surface area (TPSA) is 62.7 Å². The maximum atomic E-state index is 8.58. The van der Waals surface area contributed by atoms with E-state index in [0.717, 1.165) is 17.2 Å². The Morgan fingerprint density at radius 3 is 3.00 bits per heavy atom. The lowest BCUT2D eigenvalue weighted by atomic mass is 10.3. The molecule has 0 spiro atoms. The van der Waals surface area contributed by atoms with E-state index in [1.165, 1.54) is 0 Å². The number of nitrogen functional groups attached to an aromatic ring is 1. The van der Waals surface area contributed by atoms with Gasteiger partial charge in [-0.25, -0.2) is 4.98 Å². The molecular weight excluding hydrogens is 182 g/mol. The average molecular weight is 193 g/mol. The van der Waals surface area contributed by atoms with Crippen molar-refractivity contribution in [2.24, 2.45) is 0 Å². The van der Waals surface area contributed by atoms with Crippen LogP contribution in [0.4, 0.5) is 5.69 Å². The zero-order valence-electron chi connectivity index (χ0n) is 7.45. The number of nitrogens with zero attached hydrogens (tertiary/aromatic N) is 2. The van der Waals surface area contributed by atoms with Crippen LogP contribution in [0.15, 0.2) is 17.3 Å². The van der Waals surface area contributed by atoms with Gasteiger partial charge in [-0.3, -0.25) is 0 Å². The molecular formula is C9H11N3S. The predicted octanol–water partition coefficient (Wildman–Crippen LogP) is 2.04. The van der Waals surface area contributed by atoms with Crippen LogP contribution in [0.25, 0.3) is 0 Å². The van der Waals surface area contributed by atoms with Crippen molar-refractivity contribution in [3.8, 4) is 6.07 Å². The molecule has 2 N–H and O–H groups in total. The monoisotopic (exact) mass is 193 g/mol. The largest absolute Gasteiger partial charge is 0.397 e. The van der Waals surface area contributed by atoms with E-state index in [9.17, 15) is 0 Å². The number of rotatable bonds is 3. The van der Waals surface area contributed by atoms with Gasteiger partial charge in [-0.05, 0) is 18.2 Å². The maximum absolute atomic E-state index is 8.58. The number of nitriles is 1. The average Bonchev–Trinajstić information content (AvgIpc) is 2.16. The molecule has 0 radical (unpaired) electrons. The summed E-state index contributed by atoms with van der Waals surface area (Å²) in [7, 11) is 0. The predicted molar refractivity (Wildman–Crippen MR) is 54.4 cm³/mol. The van der Waals surface area contributed by atoms with Crippen molar-refractivity contribution in [2.75, 3.05) is 11.5 Å². The number of hydrogen-bond acceptors (Lipinski definition) is 4. The molecule has 1 heterocycles. The van der Waals surface area contributed by atoms with Crippen molar-refractivity contribution in [3.05, 3.63) is 17.8 Å². The summed E-state index contributed by atoms with van der Waals surface area (Å²) in [6.45, 7) is 2.10. The van der Waals surface area contributed by atoms with Gasteiger partial charge in [-0.2, -0.15) is 5.26 Å². The molecule has 1 aromatic rings. The van der Waals surface area contributed by atoms with Gasteiger partial charge in [0.15, 0.2) is 0 Å². The SMILES string of the molecule is CCCSc1ncc(C#N)cc1N. The van der Waals surface area contributed by atoms with Gasteiger partial charge in [0.05, 0.1) is 11.3 Å². The van der Waals surface area contributed by atoms with Gasteiger partial charge in [0.1, 0.15) is 11.1 Å². The Balaban J connectivity index is 2.81. The highest BCUT2D eigenvalue weighted by Gasteiger charge is 2.01. The van der Waals surface area contributed by atoms with Gasteiger partial charge in [-0.1, -0.05) is 6.92 Å². The molecule has 3 nitrogen and oxygen atoms in total. The molecule has 0 aliphatic rings. The second-order valence-corrected chi connectivity index (χ2v) is 3.66. The highest BCUT2D eigenvalue weighted by Crippen LogP contribution is 2.23. The van der Waals surface area contributed by atoms with Gasteiger partial charge in [0, 0.05) is 6.20 Å². The summed E-state index contributed by atoms with van der Waals surface area (Å²) in [5, 5.41) is 9.40. The van der Waals surface area contributed by atoms with E-state index in [2.05, 4.69) is 11.9 Å². The van der Waals surface area contributed by atoms with Crippen molar-refractivity contribution in [3.63, 3.8) is 0 Å². The first kappa shape index (κ1) is 9.87. The first-order valence-corrected chi connectivity index (χ1v) is 5.05. The molecule has 0 fully saturated rings. The number of thioether (sulfide) groups is 1. The molecule has 0 aliphatic carbocycles. The molecule has 0 aromatic carbocycles. The molecule has 68 valence electrons. The van der Waals surface area contributed by atoms with Gasteiger partial charge >= 0.3 is 0 Å². The molecule has 0 saturated carbocycles. The summed E-state index contributed by atoms with van der Waals surface area (Å²) in [5.74, 6) is 1.00. The Labute approximate surface area is 82.0 Å². The number of aromatic nitrogens is 1. The lowest BCUT2D eigenvalue weighted by Crippen LogP contribution is -1.93. The molecule has 4 heteroatoms.